The number of rotatable bonds is 8. The van der Waals surface area contributed by atoms with Crippen LogP contribution in [0.15, 0.2) is 34.7 Å². The minimum Gasteiger partial charge on any atom is -0.493 e. The number of amides is 1. The predicted octanol–water partition coefficient (Wildman–Crippen LogP) is 2.74. The number of hydrogen-bond acceptors (Lipinski definition) is 7. The number of carbonyl (C=O) groups is 1. The summed E-state index contributed by atoms with van der Waals surface area (Å²) in [6, 6.07) is 9.72. The summed E-state index contributed by atoms with van der Waals surface area (Å²) in [5, 5.41) is 12.4. The maximum absolute atomic E-state index is 12.3. The van der Waals surface area contributed by atoms with E-state index in [4.69, 9.17) is 23.7 Å². The Kier molecular flexibility index (Phi) is 6.53. The minimum atomic E-state index is -0.365. The van der Waals surface area contributed by atoms with Gasteiger partial charge in [-0.05, 0) is 47.4 Å². The summed E-state index contributed by atoms with van der Waals surface area (Å²) in [5.41, 5.74) is 4.08. The van der Waals surface area contributed by atoms with Gasteiger partial charge in [0.05, 0.1) is 27.9 Å². The van der Waals surface area contributed by atoms with Crippen LogP contribution in [0, 0.1) is 0 Å². The van der Waals surface area contributed by atoms with Gasteiger partial charge in [0, 0.05) is 31.6 Å². The number of aliphatic hydroxyl groups excluding tert-OH is 1. The molecule has 1 aromatic heterocycles. The monoisotopic (exact) mass is 440 g/mol. The molecule has 1 aliphatic heterocycles. The second kappa shape index (κ2) is 9.50. The summed E-state index contributed by atoms with van der Waals surface area (Å²) < 4.78 is 22.2. The minimum absolute atomic E-state index is 0.131. The molecule has 8 heteroatoms. The van der Waals surface area contributed by atoms with E-state index in [1.165, 1.54) is 11.1 Å². The second-order valence-corrected chi connectivity index (χ2v) is 7.70. The van der Waals surface area contributed by atoms with Crippen molar-refractivity contribution in [2.45, 2.75) is 19.5 Å². The summed E-state index contributed by atoms with van der Waals surface area (Å²) in [6.45, 7) is 2.42. The molecule has 4 rings (SSSR count). The van der Waals surface area contributed by atoms with Crippen molar-refractivity contribution in [3.63, 3.8) is 0 Å². The molecule has 2 aromatic carbocycles. The van der Waals surface area contributed by atoms with E-state index < -0.39 is 0 Å². The lowest BCUT2D eigenvalue weighted by Gasteiger charge is -2.29. The highest BCUT2D eigenvalue weighted by Crippen LogP contribution is 2.35. The van der Waals surface area contributed by atoms with Crippen LogP contribution >= 0.6 is 0 Å². The first kappa shape index (κ1) is 22.0. The lowest BCUT2D eigenvalue weighted by atomic mass is 9.98. The molecule has 0 saturated carbocycles. The first-order valence-electron chi connectivity index (χ1n) is 10.5. The van der Waals surface area contributed by atoms with Crippen molar-refractivity contribution in [3.8, 4) is 17.2 Å². The number of nitrogens with one attached hydrogen (secondary N) is 1. The molecule has 3 aromatic rings. The third-order valence-electron chi connectivity index (χ3n) is 5.77. The molecule has 0 atom stereocenters. The van der Waals surface area contributed by atoms with Crippen LogP contribution in [0.2, 0.25) is 0 Å². The molecular formula is C24H28N2O6. The number of furan rings is 1. The van der Waals surface area contributed by atoms with E-state index in [9.17, 15) is 4.79 Å². The lowest BCUT2D eigenvalue weighted by Crippen LogP contribution is -2.30. The molecule has 170 valence electrons. The van der Waals surface area contributed by atoms with Crippen molar-refractivity contribution in [2.24, 2.45) is 0 Å². The number of methoxy groups -OCH3 is 3. The Morgan fingerprint density at radius 1 is 1.06 bits per heavy atom. The Morgan fingerprint density at radius 2 is 1.78 bits per heavy atom. The van der Waals surface area contributed by atoms with Gasteiger partial charge in [0.2, 0.25) is 0 Å². The van der Waals surface area contributed by atoms with Crippen LogP contribution in [0.25, 0.3) is 11.0 Å². The zero-order valence-electron chi connectivity index (χ0n) is 18.6. The SMILES string of the molecule is COc1cc2c(cc1OC)CN(Cc1ccc(OC)c3oc(C(=O)NCCO)cc13)CC2. The van der Waals surface area contributed by atoms with E-state index in [0.717, 1.165) is 42.0 Å². The van der Waals surface area contributed by atoms with Crippen LogP contribution in [0.4, 0.5) is 0 Å². The average molecular weight is 440 g/mol. The van der Waals surface area contributed by atoms with Gasteiger partial charge < -0.3 is 29.1 Å². The first-order valence-corrected chi connectivity index (χ1v) is 10.5. The molecule has 1 amide bonds. The number of carbonyl (C=O) groups excluding carboxylic acids is 1. The Balaban J connectivity index is 1.60. The summed E-state index contributed by atoms with van der Waals surface area (Å²) in [5.74, 6) is 1.89. The van der Waals surface area contributed by atoms with Crippen LogP contribution in [-0.2, 0) is 19.5 Å². The van der Waals surface area contributed by atoms with Crippen molar-refractivity contribution >= 4 is 16.9 Å². The van der Waals surface area contributed by atoms with Gasteiger partial charge in [-0.2, -0.15) is 0 Å². The summed E-state index contributed by atoms with van der Waals surface area (Å²) in [4.78, 5) is 14.7. The van der Waals surface area contributed by atoms with Crippen LogP contribution in [-0.4, -0.2) is 56.9 Å². The van der Waals surface area contributed by atoms with Gasteiger partial charge in [0.1, 0.15) is 0 Å². The zero-order chi connectivity index (χ0) is 22.7. The van der Waals surface area contributed by atoms with Crippen molar-refractivity contribution in [1.82, 2.24) is 10.2 Å². The van der Waals surface area contributed by atoms with Crippen molar-refractivity contribution in [2.75, 3.05) is 41.0 Å². The molecule has 0 fully saturated rings. The van der Waals surface area contributed by atoms with Gasteiger partial charge in [-0.1, -0.05) is 6.07 Å². The second-order valence-electron chi connectivity index (χ2n) is 7.70. The number of aliphatic hydroxyl groups is 1. The summed E-state index contributed by atoms with van der Waals surface area (Å²) in [6.07, 6.45) is 0.912. The standard InChI is InChI=1S/C24H28N2O6/c1-29-19-5-4-16(18-12-22(32-23(18)19)24(28)25-7-9-27)13-26-8-6-15-10-20(30-2)21(31-3)11-17(15)14-26/h4-5,10-12,27H,6-9,13-14H2,1-3H3,(H,25,28). The highest BCUT2D eigenvalue weighted by molar-refractivity contribution is 5.98. The molecule has 0 unspecified atom stereocenters. The van der Waals surface area contributed by atoms with E-state index in [1.807, 2.05) is 18.2 Å². The van der Waals surface area contributed by atoms with Crippen LogP contribution in [0.5, 0.6) is 17.2 Å². The van der Waals surface area contributed by atoms with Crippen molar-refractivity contribution < 1.29 is 28.5 Å². The largest absolute Gasteiger partial charge is 0.493 e. The zero-order valence-corrected chi connectivity index (χ0v) is 18.6. The lowest BCUT2D eigenvalue weighted by molar-refractivity contribution is 0.0919. The molecule has 0 saturated heterocycles. The molecular weight excluding hydrogens is 412 g/mol. The number of hydrogen-bond donors (Lipinski definition) is 2. The molecule has 1 aliphatic rings. The Hall–Kier alpha value is -3.23. The molecule has 32 heavy (non-hydrogen) atoms. The quantitative estimate of drug-likeness (QED) is 0.556. The Morgan fingerprint density at radius 3 is 2.47 bits per heavy atom. The van der Waals surface area contributed by atoms with Gasteiger partial charge >= 0.3 is 0 Å². The van der Waals surface area contributed by atoms with E-state index >= 15 is 0 Å². The molecule has 8 nitrogen and oxygen atoms in total. The van der Waals surface area contributed by atoms with E-state index in [2.05, 4.69) is 16.3 Å². The maximum Gasteiger partial charge on any atom is 0.287 e. The topological polar surface area (TPSA) is 93.4 Å². The Labute approximate surface area is 186 Å². The average Bonchev–Trinajstić information content (AvgIpc) is 3.28. The highest BCUT2D eigenvalue weighted by atomic mass is 16.5. The molecule has 2 N–H and O–H groups in total. The fourth-order valence-electron chi connectivity index (χ4n) is 4.14. The van der Waals surface area contributed by atoms with Gasteiger partial charge in [0.15, 0.2) is 28.6 Å². The number of nitrogens with zero attached hydrogens (tertiary/aromatic N) is 1. The van der Waals surface area contributed by atoms with E-state index in [1.54, 1.807) is 27.4 Å². The molecule has 2 heterocycles. The van der Waals surface area contributed by atoms with E-state index in [0.29, 0.717) is 17.9 Å². The number of benzene rings is 2. The van der Waals surface area contributed by atoms with Gasteiger partial charge in [-0.25, -0.2) is 0 Å². The van der Waals surface area contributed by atoms with Crippen LogP contribution < -0.4 is 19.5 Å². The van der Waals surface area contributed by atoms with Crippen LogP contribution in [0.3, 0.4) is 0 Å². The number of ether oxygens (including phenoxy) is 3. The molecule has 0 spiro atoms. The predicted molar refractivity (Wildman–Crippen MR) is 120 cm³/mol. The van der Waals surface area contributed by atoms with Gasteiger partial charge in [0.25, 0.3) is 5.91 Å². The normalized spacial score (nSPS) is 13.6. The smallest absolute Gasteiger partial charge is 0.287 e. The molecule has 0 bridgehead atoms. The van der Waals surface area contributed by atoms with E-state index in [-0.39, 0.29) is 24.8 Å². The maximum atomic E-state index is 12.3. The first-order chi connectivity index (χ1) is 15.6. The van der Waals surface area contributed by atoms with Crippen molar-refractivity contribution in [3.05, 3.63) is 52.8 Å². The molecule has 0 aliphatic carbocycles. The van der Waals surface area contributed by atoms with Crippen LogP contribution in [0.1, 0.15) is 27.2 Å². The van der Waals surface area contributed by atoms with Crippen molar-refractivity contribution in [1.29, 1.82) is 0 Å². The Bertz CT molecular complexity index is 1120. The third-order valence-corrected chi connectivity index (χ3v) is 5.77. The summed E-state index contributed by atoms with van der Waals surface area (Å²) in [7, 11) is 4.87. The highest BCUT2D eigenvalue weighted by Gasteiger charge is 2.22. The van der Waals surface area contributed by atoms with Gasteiger partial charge in [-0.15, -0.1) is 0 Å². The number of fused-ring (bicyclic) bond motifs is 2. The fraction of sp³-hybridized carbons (Fsp3) is 0.375. The summed E-state index contributed by atoms with van der Waals surface area (Å²) >= 11 is 0. The fourth-order valence-corrected chi connectivity index (χ4v) is 4.14. The molecule has 0 radical (unpaired) electrons. The van der Waals surface area contributed by atoms with Gasteiger partial charge in [-0.3, -0.25) is 9.69 Å². The third kappa shape index (κ3) is 4.24.